The highest BCUT2D eigenvalue weighted by atomic mass is 16.3. The molecule has 432 valence electrons. The summed E-state index contributed by atoms with van der Waals surface area (Å²) in [5.74, 6) is 1.65. The van der Waals surface area contributed by atoms with E-state index >= 15 is 0 Å². The highest BCUT2D eigenvalue weighted by molar-refractivity contribution is 5.90. The third-order valence-electron chi connectivity index (χ3n) is 10.4. The predicted octanol–water partition coefficient (Wildman–Crippen LogP) is 15.6. The van der Waals surface area contributed by atoms with E-state index in [1.165, 1.54) is 5.56 Å². The van der Waals surface area contributed by atoms with E-state index in [0.29, 0.717) is 29.7 Å². The van der Waals surface area contributed by atoms with Gasteiger partial charge in [-0.1, -0.05) is 177 Å². The Kier molecular flexibility index (Phi) is 41.7. The number of Topliss-reactive ketones (excluding diaryl/α,β-unsaturated/α-hetero) is 4. The molecular formula is C63H130N4O5. The molecular weight excluding hydrogens is 893 g/mol. The van der Waals surface area contributed by atoms with E-state index in [-0.39, 0.29) is 110 Å². The van der Waals surface area contributed by atoms with Crippen LogP contribution in [0, 0.1) is 27.6 Å². The largest absolute Gasteiger partial charge is 0.396 e. The van der Waals surface area contributed by atoms with Crippen LogP contribution in [0.3, 0.4) is 0 Å². The molecule has 1 rings (SSSR count). The van der Waals surface area contributed by atoms with Crippen LogP contribution in [0.15, 0.2) is 30.3 Å². The van der Waals surface area contributed by atoms with Crippen LogP contribution in [0.4, 0.5) is 0 Å². The van der Waals surface area contributed by atoms with Crippen LogP contribution in [0.25, 0.3) is 0 Å². The van der Waals surface area contributed by atoms with Crippen LogP contribution in [0.5, 0.6) is 0 Å². The third-order valence-corrected chi connectivity index (χ3v) is 10.4. The molecule has 0 heterocycles. The van der Waals surface area contributed by atoms with Gasteiger partial charge in [-0.2, -0.15) is 0 Å². The van der Waals surface area contributed by atoms with Crippen LogP contribution in [0.2, 0.25) is 0 Å². The van der Waals surface area contributed by atoms with Crippen LogP contribution in [-0.2, 0) is 25.6 Å². The first-order valence-corrected chi connectivity index (χ1v) is 26.1. The maximum absolute atomic E-state index is 12.6. The van der Waals surface area contributed by atoms with Crippen molar-refractivity contribution in [2.75, 3.05) is 6.61 Å². The van der Waals surface area contributed by atoms with Gasteiger partial charge in [-0.25, -0.2) is 0 Å². The first-order chi connectivity index (χ1) is 30.2. The lowest BCUT2D eigenvalue weighted by Gasteiger charge is -2.32. The summed E-state index contributed by atoms with van der Waals surface area (Å²) in [6.45, 7) is 55.3. The molecule has 0 aliphatic heterocycles. The van der Waals surface area contributed by atoms with Gasteiger partial charge in [-0.05, 0) is 133 Å². The summed E-state index contributed by atoms with van der Waals surface area (Å²) in [5, 5.41) is 22.6. The number of hydrogen-bond donors (Lipinski definition) is 5. The minimum absolute atomic E-state index is 0. The number of nitrogens with one attached hydrogen (secondary N) is 4. The van der Waals surface area contributed by atoms with E-state index in [0.717, 1.165) is 44.9 Å². The predicted molar refractivity (Wildman–Crippen MR) is 322 cm³/mol. The van der Waals surface area contributed by atoms with E-state index in [4.69, 9.17) is 5.11 Å². The van der Waals surface area contributed by atoms with Crippen LogP contribution >= 0.6 is 0 Å². The van der Waals surface area contributed by atoms with Gasteiger partial charge in [-0.15, -0.1) is 0 Å². The number of rotatable bonds is 19. The molecule has 0 radical (unpaired) electrons. The van der Waals surface area contributed by atoms with Crippen LogP contribution in [0.1, 0.15) is 267 Å². The zero-order valence-corrected chi connectivity index (χ0v) is 49.7. The SMILES string of the molecule is C.C.C.C.CC(C)(C)N[C@@H](CCO)C(=O)C(C)(C)C.CC(C)(C)N[C@H](CCCc1ccccc1)C(=O)C(C)(C)C.CC(C)C[C@@H](NC(C)(C)C)C(=O)C(C)(C)C.CCCC[C@@H](NC(C)(C)C)C(=O)C(C)(C)C. The number of unbranched alkanes of at least 4 members (excludes halogenated alkanes) is 1. The van der Waals surface area contributed by atoms with Crippen LogP contribution in [-0.4, -0.2) is 81.2 Å². The fourth-order valence-electron chi connectivity index (χ4n) is 7.38. The quantitative estimate of drug-likeness (QED) is 0.0917. The molecule has 0 unspecified atom stereocenters. The molecule has 0 aliphatic carbocycles. The van der Waals surface area contributed by atoms with Crippen LogP contribution < -0.4 is 21.3 Å². The van der Waals surface area contributed by atoms with Crippen molar-refractivity contribution < 1.29 is 24.3 Å². The number of aryl methyl sites for hydroxylation is 1. The van der Waals surface area contributed by atoms with Gasteiger partial charge in [0.2, 0.25) is 0 Å². The second-order valence-electron chi connectivity index (χ2n) is 27.9. The third kappa shape index (κ3) is 44.0. The lowest BCUT2D eigenvalue weighted by molar-refractivity contribution is -0.129. The summed E-state index contributed by atoms with van der Waals surface area (Å²) in [6.07, 6.45) is 7.53. The molecule has 72 heavy (non-hydrogen) atoms. The van der Waals surface area contributed by atoms with E-state index in [1.807, 2.05) is 110 Å². The van der Waals surface area contributed by atoms with E-state index in [1.54, 1.807) is 0 Å². The summed E-state index contributed by atoms with van der Waals surface area (Å²) >= 11 is 0. The van der Waals surface area contributed by atoms with Crippen molar-refractivity contribution in [3.63, 3.8) is 0 Å². The van der Waals surface area contributed by atoms with Crippen molar-refractivity contribution >= 4 is 23.1 Å². The molecule has 0 aliphatic rings. The van der Waals surface area contributed by atoms with Gasteiger partial charge in [-0.3, -0.25) is 19.2 Å². The number of carbonyl (C=O) groups is 4. The Morgan fingerprint density at radius 2 is 0.694 bits per heavy atom. The fourth-order valence-corrected chi connectivity index (χ4v) is 7.38. The molecule has 9 nitrogen and oxygen atoms in total. The topological polar surface area (TPSA) is 137 Å². The van der Waals surface area contributed by atoms with Crippen molar-refractivity contribution in [3.8, 4) is 0 Å². The fraction of sp³-hybridized carbons (Fsp3) is 0.841. The molecule has 0 spiro atoms. The van der Waals surface area contributed by atoms with Gasteiger partial charge in [0, 0.05) is 50.4 Å². The van der Waals surface area contributed by atoms with Crippen molar-refractivity contribution in [3.05, 3.63) is 35.9 Å². The van der Waals surface area contributed by atoms with Gasteiger partial charge in [0.25, 0.3) is 0 Å². The van der Waals surface area contributed by atoms with E-state index in [9.17, 15) is 19.2 Å². The molecule has 0 fully saturated rings. The Morgan fingerprint density at radius 1 is 0.431 bits per heavy atom. The standard InChI is InChI=1S/C19H31NO.2C14H29NO.C12H25NO2.4CH4/c1-18(2,3)17(21)16(20-19(4,5)6)14-10-13-15-11-8-7-9-12-15;1-10(2)9-11(15-14(6,7)8)12(16)13(3,4)5;1-8-9-10-11(15-14(5,6)7)12(16)13(2,3)4;1-11(2,3)10(15)9(7-8-14)13-12(4,5)6;;;;/h7-9,11-12,16,20H,10,13-14H2,1-6H3;10-11,15H,9H2,1-8H3;11,15H,8-10H2,1-7H3;9,13-14H,7-8H2,1-6H3;4*1H4/t16-;2*11-;9-;;;;/m1110..../s1. The van der Waals surface area contributed by atoms with Gasteiger partial charge in [0.15, 0.2) is 23.1 Å². The lowest BCUT2D eigenvalue weighted by Crippen LogP contribution is -2.51. The Balaban J connectivity index is -0.000000155. The average molecular weight is 1020 g/mol. The molecule has 1 aromatic carbocycles. The lowest BCUT2D eigenvalue weighted by atomic mass is 9.83. The Bertz CT molecular complexity index is 1560. The van der Waals surface area contributed by atoms with Gasteiger partial charge in [0.1, 0.15) is 0 Å². The highest BCUT2D eigenvalue weighted by Gasteiger charge is 2.35. The summed E-state index contributed by atoms with van der Waals surface area (Å²) < 4.78 is 0. The molecule has 0 saturated carbocycles. The molecule has 9 heteroatoms. The second-order valence-corrected chi connectivity index (χ2v) is 27.9. The Labute approximate surface area is 451 Å². The molecule has 1 aromatic rings. The van der Waals surface area contributed by atoms with E-state index < -0.39 is 0 Å². The van der Waals surface area contributed by atoms with Crippen molar-refractivity contribution in [1.82, 2.24) is 21.3 Å². The van der Waals surface area contributed by atoms with Gasteiger partial charge < -0.3 is 26.4 Å². The molecule has 0 saturated heterocycles. The number of aliphatic hydroxyl groups excluding tert-OH is 1. The first-order valence-electron chi connectivity index (χ1n) is 26.1. The monoisotopic (exact) mass is 1020 g/mol. The Morgan fingerprint density at radius 3 is 0.944 bits per heavy atom. The number of hydrogen-bond acceptors (Lipinski definition) is 9. The zero-order chi connectivity index (χ0) is 54.5. The number of aliphatic hydroxyl groups is 1. The smallest absolute Gasteiger partial charge is 0.155 e. The van der Waals surface area contributed by atoms with E-state index in [2.05, 4.69) is 129 Å². The normalized spacial score (nSPS) is 14.0. The number of benzene rings is 1. The second kappa shape index (κ2) is 35.9. The summed E-state index contributed by atoms with van der Waals surface area (Å²) in [7, 11) is 0. The molecule has 0 amide bonds. The molecule has 4 atom stereocenters. The summed E-state index contributed by atoms with van der Waals surface area (Å²) in [4.78, 5) is 49.3. The minimum atomic E-state index is -0.363. The van der Waals surface area contributed by atoms with Crippen molar-refractivity contribution in [2.45, 2.75) is 314 Å². The van der Waals surface area contributed by atoms with Gasteiger partial charge >= 0.3 is 0 Å². The average Bonchev–Trinajstić information content (AvgIpc) is 3.12. The summed E-state index contributed by atoms with van der Waals surface area (Å²) in [6, 6.07) is 10.1. The number of ketones is 4. The maximum Gasteiger partial charge on any atom is 0.155 e. The molecule has 0 bridgehead atoms. The number of carbonyl (C=O) groups excluding carboxylic acids is 4. The Hall–Kier alpha value is -2.30. The minimum Gasteiger partial charge on any atom is -0.396 e. The zero-order valence-electron chi connectivity index (χ0n) is 49.7. The molecule has 5 N–H and O–H groups in total. The van der Waals surface area contributed by atoms with Crippen molar-refractivity contribution in [2.24, 2.45) is 27.6 Å². The molecule has 0 aromatic heterocycles. The van der Waals surface area contributed by atoms with Crippen molar-refractivity contribution in [1.29, 1.82) is 0 Å². The first kappa shape index (κ1) is 83.7. The van der Waals surface area contributed by atoms with Gasteiger partial charge in [0.05, 0.1) is 24.2 Å². The highest BCUT2D eigenvalue weighted by Crippen LogP contribution is 2.25. The maximum atomic E-state index is 12.6. The summed E-state index contributed by atoms with van der Waals surface area (Å²) in [5.41, 5.74) is -0.00337.